The van der Waals surface area contributed by atoms with Gasteiger partial charge < -0.3 is 9.84 Å². The zero-order chi connectivity index (χ0) is 17.0. The predicted molar refractivity (Wildman–Crippen MR) is 85.9 cm³/mol. The highest BCUT2D eigenvalue weighted by molar-refractivity contribution is 7.88. The molecule has 0 aliphatic carbocycles. The number of sulfonamides is 1. The Hall–Kier alpha value is -1.41. The van der Waals surface area contributed by atoms with E-state index in [4.69, 9.17) is 0 Å². The number of rotatable bonds is 6. The lowest BCUT2D eigenvalue weighted by Crippen LogP contribution is -2.46. The second-order valence-corrected chi connectivity index (χ2v) is 8.43. The van der Waals surface area contributed by atoms with Gasteiger partial charge in [0.15, 0.2) is 0 Å². The number of hydrogen-bond acceptors (Lipinski definition) is 5. The average Bonchev–Trinajstić information content (AvgIpc) is 2.99. The highest BCUT2D eigenvalue weighted by Gasteiger charge is 2.32. The zero-order valence-electron chi connectivity index (χ0n) is 13.9. The summed E-state index contributed by atoms with van der Waals surface area (Å²) in [5.74, 6) is 0.126. The Labute approximate surface area is 137 Å². The van der Waals surface area contributed by atoms with Gasteiger partial charge in [0.25, 0.3) is 0 Å². The molecule has 8 heteroatoms. The normalized spacial score (nSPS) is 19.0. The van der Waals surface area contributed by atoms with Gasteiger partial charge in [0.1, 0.15) is 12.0 Å². The van der Waals surface area contributed by atoms with E-state index in [0.717, 1.165) is 0 Å². The van der Waals surface area contributed by atoms with E-state index in [1.54, 1.807) is 6.07 Å². The third-order valence-electron chi connectivity index (χ3n) is 4.41. The van der Waals surface area contributed by atoms with Gasteiger partial charge in [0, 0.05) is 31.1 Å². The molecule has 1 unspecified atom stereocenters. The van der Waals surface area contributed by atoms with E-state index in [2.05, 4.69) is 28.8 Å². The van der Waals surface area contributed by atoms with Crippen LogP contribution >= 0.6 is 0 Å². The highest BCUT2D eigenvalue weighted by Crippen LogP contribution is 2.22. The molecule has 1 atom stereocenters. The molecule has 2 rings (SSSR count). The van der Waals surface area contributed by atoms with Crippen molar-refractivity contribution in [3.63, 3.8) is 0 Å². The maximum atomic E-state index is 12.3. The summed E-state index contributed by atoms with van der Waals surface area (Å²) in [6.07, 6.45) is 2.46. The average molecular weight is 343 g/mol. The minimum atomic E-state index is -3.41. The summed E-state index contributed by atoms with van der Waals surface area (Å²) < 4.78 is 30.8. The van der Waals surface area contributed by atoms with Crippen LogP contribution in [-0.4, -0.2) is 42.9 Å². The maximum absolute atomic E-state index is 12.3. The molecule has 23 heavy (non-hydrogen) atoms. The summed E-state index contributed by atoms with van der Waals surface area (Å²) in [6, 6.07) is 1.67. The first-order valence-corrected chi connectivity index (χ1v) is 9.58. The molecule has 1 aromatic rings. The SMILES string of the molecule is CC(C)C(C)NC(=O)C1CCN(S(=O)(=O)Cc2ccon2)CC1. The van der Waals surface area contributed by atoms with Crippen LogP contribution in [0.4, 0.5) is 0 Å². The van der Waals surface area contributed by atoms with Crippen LogP contribution in [-0.2, 0) is 20.6 Å². The van der Waals surface area contributed by atoms with E-state index in [-0.39, 0.29) is 23.6 Å². The minimum absolute atomic E-state index is 0.0275. The number of hydrogen-bond donors (Lipinski definition) is 1. The second-order valence-electron chi connectivity index (χ2n) is 6.46. The fourth-order valence-electron chi connectivity index (χ4n) is 2.50. The van der Waals surface area contributed by atoms with Crippen molar-refractivity contribution in [2.75, 3.05) is 13.1 Å². The molecule has 130 valence electrons. The van der Waals surface area contributed by atoms with Crippen molar-refractivity contribution in [3.8, 4) is 0 Å². The maximum Gasteiger partial charge on any atom is 0.223 e. The molecule has 1 saturated heterocycles. The molecule has 7 nitrogen and oxygen atoms in total. The summed E-state index contributed by atoms with van der Waals surface area (Å²) in [6.45, 7) is 6.84. The molecular weight excluding hydrogens is 318 g/mol. The van der Waals surface area contributed by atoms with Crippen molar-refractivity contribution in [2.24, 2.45) is 11.8 Å². The first kappa shape index (κ1) is 17.9. The lowest BCUT2D eigenvalue weighted by Gasteiger charge is -2.31. The smallest absolute Gasteiger partial charge is 0.223 e. The van der Waals surface area contributed by atoms with E-state index in [1.165, 1.54) is 10.6 Å². The minimum Gasteiger partial charge on any atom is -0.364 e. The fraction of sp³-hybridized carbons (Fsp3) is 0.733. The van der Waals surface area contributed by atoms with Crippen LogP contribution in [0.25, 0.3) is 0 Å². The molecule has 0 aromatic carbocycles. The van der Waals surface area contributed by atoms with Crippen molar-refractivity contribution < 1.29 is 17.7 Å². The molecule has 1 aliphatic heterocycles. The Morgan fingerprint density at radius 3 is 2.57 bits per heavy atom. The third-order valence-corrected chi connectivity index (χ3v) is 6.22. The molecule has 0 saturated carbocycles. The monoisotopic (exact) mass is 343 g/mol. The lowest BCUT2D eigenvalue weighted by atomic mass is 9.96. The van der Waals surface area contributed by atoms with E-state index in [1.807, 2.05) is 6.92 Å². The van der Waals surface area contributed by atoms with E-state index in [0.29, 0.717) is 37.5 Å². The van der Waals surface area contributed by atoms with Gasteiger partial charge in [0.05, 0.1) is 5.69 Å². The number of piperidine rings is 1. The number of carbonyl (C=O) groups is 1. The molecular formula is C15H25N3O4S. The van der Waals surface area contributed by atoms with Crippen LogP contribution in [0.5, 0.6) is 0 Å². The highest BCUT2D eigenvalue weighted by atomic mass is 32.2. The van der Waals surface area contributed by atoms with Crippen molar-refractivity contribution in [3.05, 3.63) is 18.0 Å². The molecule has 0 radical (unpaired) electrons. The van der Waals surface area contributed by atoms with E-state index >= 15 is 0 Å². The first-order chi connectivity index (χ1) is 10.8. The molecule has 2 heterocycles. The quantitative estimate of drug-likeness (QED) is 0.842. The summed E-state index contributed by atoms with van der Waals surface area (Å²) in [5.41, 5.74) is 0.399. The number of aromatic nitrogens is 1. The van der Waals surface area contributed by atoms with Gasteiger partial charge >= 0.3 is 0 Å². The van der Waals surface area contributed by atoms with Crippen LogP contribution in [0.2, 0.25) is 0 Å². The van der Waals surface area contributed by atoms with Crippen LogP contribution in [0.3, 0.4) is 0 Å². The first-order valence-electron chi connectivity index (χ1n) is 7.97. The Kier molecular flexibility index (Phi) is 5.80. The number of carbonyl (C=O) groups excluding carboxylic acids is 1. The second kappa shape index (κ2) is 7.44. The standard InChI is InChI=1S/C15H25N3O4S/c1-11(2)12(3)16-15(19)13-4-7-18(8-5-13)23(20,21)10-14-6-9-22-17-14/h6,9,11-13H,4-5,7-8,10H2,1-3H3,(H,16,19). The van der Waals surface area contributed by atoms with Crippen LogP contribution < -0.4 is 5.32 Å². The molecule has 0 bridgehead atoms. The van der Waals surface area contributed by atoms with Gasteiger partial charge in [-0.1, -0.05) is 19.0 Å². The van der Waals surface area contributed by atoms with E-state index < -0.39 is 10.0 Å². The molecule has 0 spiro atoms. The van der Waals surface area contributed by atoms with Gasteiger partial charge in [-0.25, -0.2) is 12.7 Å². The predicted octanol–water partition coefficient (Wildman–Crippen LogP) is 1.38. The van der Waals surface area contributed by atoms with Crippen LogP contribution in [0, 0.1) is 11.8 Å². The van der Waals surface area contributed by atoms with E-state index in [9.17, 15) is 13.2 Å². The van der Waals surface area contributed by atoms with Crippen LogP contribution in [0.15, 0.2) is 16.9 Å². The summed E-state index contributed by atoms with van der Waals surface area (Å²) in [5, 5.41) is 6.65. The Balaban J connectivity index is 1.87. The topological polar surface area (TPSA) is 92.5 Å². The summed E-state index contributed by atoms with van der Waals surface area (Å²) in [4.78, 5) is 12.2. The number of nitrogens with one attached hydrogen (secondary N) is 1. The Morgan fingerprint density at radius 2 is 2.04 bits per heavy atom. The third kappa shape index (κ3) is 4.78. The Bertz CT molecular complexity index is 605. The van der Waals surface area contributed by atoms with Crippen LogP contribution in [0.1, 0.15) is 39.3 Å². The Morgan fingerprint density at radius 1 is 1.39 bits per heavy atom. The van der Waals surface area contributed by atoms with Crippen molar-refractivity contribution in [1.29, 1.82) is 0 Å². The lowest BCUT2D eigenvalue weighted by molar-refractivity contribution is -0.127. The van der Waals surface area contributed by atoms with Crippen molar-refractivity contribution in [2.45, 2.75) is 45.4 Å². The van der Waals surface area contributed by atoms with Crippen molar-refractivity contribution in [1.82, 2.24) is 14.8 Å². The summed E-state index contributed by atoms with van der Waals surface area (Å²) >= 11 is 0. The fourth-order valence-corrected chi connectivity index (χ4v) is 3.97. The van der Waals surface area contributed by atoms with Crippen molar-refractivity contribution >= 4 is 15.9 Å². The molecule has 1 aliphatic rings. The zero-order valence-corrected chi connectivity index (χ0v) is 14.7. The summed E-state index contributed by atoms with van der Waals surface area (Å²) in [7, 11) is -3.41. The molecule has 1 aromatic heterocycles. The number of nitrogens with zero attached hydrogens (tertiary/aromatic N) is 2. The van der Waals surface area contributed by atoms with Gasteiger partial charge in [0.2, 0.25) is 15.9 Å². The number of amides is 1. The molecule has 1 fully saturated rings. The van der Waals surface area contributed by atoms with Gasteiger partial charge in [-0.3, -0.25) is 4.79 Å². The van der Waals surface area contributed by atoms with Gasteiger partial charge in [-0.2, -0.15) is 0 Å². The largest absolute Gasteiger partial charge is 0.364 e. The van der Waals surface area contributed by atoms with Gasteiger partial charge in [-0.15, -0.1) is 0 Å². The molecule has 1 N–H and O–H groups in total. The molecule has 1 amide bonds. The van der Waals surface area contributed by atoms with Gasteiger partial charge in [-0.05, 0) is 25.7 Å².